The number of carboxylic acid groups (broad SMARTS) is 2. The summed E-state index contributed by atoms with van der Waals surface area (Å²) in [5.74, 6) is -3.23. The number of amides is 1. The van der Waals surface area contributed by atoms with Crippen LogP contribution in [-0.4, -0.2) is 39.4 Å². The Balaban J connectivity index is 2.39. The lowest BCUT2D eigenvalue weighted by molar-refractivity contribution is -0.317. The van der Waals surface area contributed by atoms with E-state index in [-0.39, 0.29) is 18.6 Å². The average Bonchev–Trinajstić information content (AvgIpc) is 2.66. The van der Waals surface area contributed by atoms with Gasteiger partial charge in [0.15, 0.2) is 0 Å². The summed E-state index contributed by atoms with van der Waals surface area (Å²) in [5.41, 5.74) is 0. The van der Waals surface area contributed by atoms with Crippen LogP contribution in [0.25, 0.3) is 0 Å². The summed E-state index contributed by atoms with van der Waals surface area (Å²) in [7, 11) is 0. The fourth-order valence-corrected chi connectivity index (χ4v) is 3.46. The molecule has 2 saturated heterocycles. The summed E-state index contributed by atoms with van der Waals surface area (Å²) < 4.78 is 0. The van der Waals surface area contributed by atoms with E-state index in [1.54, 1.807) is 0 Å². The molecular weight excluding hydrogens is 222 g/mol. The SMILES string of the molecule is O=C([O-])[C@@H]1CS[C@@]2(C(=O)[O-])CCC(=O)N12. The van der Waals surface area contributed by atoms with Crippen LogP contribution in [0.15, 0.2) is 0 Å². The molecule has 2 fully saturated rings. The maximum atomic E-state index is 11.4. The number of nitrogens with zero attached hydrogens (tertiary/aromatic N) is 1. The zero-order chi connectivity index (χ0) is 11.2. The number of carbonyl (C=O) groups is 3. The molecule has 0 aromatic carbocycles. The second-order valence-corrected chi connectivity index (χ2v) is 4.78. The number of rotatable bonds is 2. The number of aliphatic carboxylic acids is 2. The molecule has 2 atom stereocenters. The summed E-state index contributed by atoms with van der Waals surface area (Å²) >= 11 is 0.931. The molecule has 0 saturated carbocycles. The summed E-state index contributed by atoms with van der Waals surface area (Å²) in [6.07, 6.45) is 0.146. The first-order valence-electron chi connectivity index (χ1n) is 4.37. The molecule has 0 aromatic heterocycles. The maximum Gasteiger partial charge on any atom is 0.224 e. The van der Waals surface area contributed by atoms with Gasteiger partial charge in [-0.05, 0) is 6.42 Å². The Labute approximate surface area is 89.2 Å². The van der Waals surface area contributed by atoms with Crippen molar-refractivity contribution in [3.63, 3.8) is 0 Å². The molecule has 7 heteroatoms. The van der Waals surface area contributed by atoms with Crippen LogP contribution in [-0.2, 0) is 14.4 Å². The van der Waals surface area contributed by atoms with E-state index < -0.39 is 28.8 Å². The molecule has 6 nitrogen and oxygen atoms in total. The van der Waals surface area contributed by atoms with Crippen LogP contribution in [0.4, 0.5) is 0 Å². The minimum atomic E-state index is -1.48. The summed E-state index contributed by atoms with van der Waals surface area (Å²) in [5, 5.41) is 21.7. The topological polar surface area (TPSA) is 101 Å². The minimum Gasteiger partial charge on any atom is -0.548 e. The number of thioether (sulfide) groups is 1. The fraction of sp³-hybridized carbons (Fsp3) is 0.625. The van der Waals surface area contributed by atoms with Crippen molar-refractivity contribution in [3.8, 4) is 0 Å². The third kappa shape index (κ3) is 1.22. The van der Waals surface area contributed by atoms with Crippen LogP contribution in [0, 0.1) is 0 Å². The van der Waals surface area contributed by atoms with Gasteiger partial charge >= 0.3 is 0 Å². The van der Waals surface area contributed by atoms with Crippen molar-refractivity contribution in [2.75, 3.05) is 5.75 Å². The Bertz CT molecular complexity index is 357. The zero-order valence-electron chi connectivity index (χ0n) is 7.60. The van der Waals surface area contributed by atoms with E-state index in [9.17, 15) is 24.6 Å². The Morgan fingerprint density at radius 1 is 1.47 bits per heavy atom. The Hall–Kier alpha value is -1.24. The van der Waals surface area contributed by atoms with Crippen LogP contribution in [0.5, 0.6) is 0 Å². The largest absolute Gasteiger partial charge is 0.548 e. The van der Waals surface area contributed by atoms with E-state index in [0.29, 0.717) is 0 Å². The highest BCUT2D eigenvalue weighted by atomic mass is 32.2. The summed E-state index contributed by atoms with van der Waals surface area (Å²) in [6.45, 7) is 0. The van der Waals surface area contributed by atoms with Crippen LogP contribution < -0.4 is 10.2 Å². The van der Waals surface area contributed by atoms with Crippen molar-refractivity contribution < 1.29 is 24.6 Å². The van der Waals surface area contributed by atoms with E-state index in [4.69, 9.17) is 0 Å². The molecule has 2 rings (SSSR count). The van der Waals surface area contributed by atoms with Crippen molar-refractivity contribution in [2.45, 2.75) is 23.8 Å². The molecule has 2 heterocycles. The van der Waals surface area contributed by atoms with Gasteiger partial charge in [0, 0.05) is 12.2 Å². The van der Waals surface area contributed by atoms with Crippen LogP contribution in [0.3, 0.4) is 0 Å². The minimum absolute atomic E-state index is 0.0437. The highest BCUT2D eigenvalue weighted by Gasteiger charge is 2.55. The van der Waals surface area contributed by atoms with Gasteiger partial charge in [-0.1, -0.05) is 0 Å². The predicted octanol–water partition coefficient (Wildman–Crippen LogP) is -3.08. The smallest absolute Gasteiger partial charge is 0.224 e. The lowest BCUT2D eigenvalue weighted by Gasteiger charge is -2.34. The second-order valence-electron chi connectivity index (χ2n) is 3.48. The Kier molecular flexibility index (Phi) is 2.14. The fourth-order valence-electron chi connectivity index (χ4n) is 2.01. The molecule has 0 radical (unpaired) electrons. The quantitative estimate of drug-likeness (QED) is 0.497. The van der Waals surface area contributed by atoms with E-state index in [0.717, 1.165) is 16.7 Å². The summed E-state index contributed by atoms with van der Waals surface area (Å²) in [4.78, 5) is 32.5. The standard InChI is InChI=1S/C8H9NO5S/c10-5-1-2-8(7(13)14)9(5)4(3-15-8)6(11)12/h4H,1-3H2,(H,11,12)(H,13,14)/p-2/t4-,8+/m0/s1. The highest BCUT2D eigenvalue weighted by molar-refractivity contribution is 8.01. The van der Waals surface area contributed by atoms with E-state index >= 15 is 0 Å². The molecule has 15 heavy (non-hydrogen) atoms. The van der Waals surface area contributed by atoms with E-state index in [1.807, 2.05) is 0 Å². The first kappa shape index (κ1) is 10.3. The second kappa shape index (κ2) is 3.13. The first-order chi connectivity index (χ1) is 6.99. The zero-order valence-corrected chi connectivity index (χ0v) is 8.41. The molecule has 2 aliphatic heterocycles. The van der Waals surface area contributed by atoms with Crippen molar-refractivity contribution in [1.82, 2.24) is 4.90 Å². The average molecular weight is 229 g/mol. The monoisotopic (exact) mass is 229 g/mol. The maximum absolute atomic E-state index is 11.4. The Morgan fingerprint density at radius 2 is 2.13 bits per heavy atom. The highest BCUT2D eigenvalue weighted by Crippen LogP contribution is 2.47. The molecule has 0 N–H and O–H groups in total. The third-order valence-corrected chi connectivity index (χ3v) is 4.25. The van der Waals surface area contributed by atoms with Crippen molar-refractivity contribution in [2.24, 2.45) is 0 Å². The molecule has 0 spiro atoms. The van der Waals surface area contributed by atoms with Gasteiger partial charge in [0.25, 0.3) is 0 Å². The predicted molar refractivity (Wildman–Crippen MR) is 45.1 cm³/mol. The van der Waals surface area contributed by atoms with E-state index in [2.05, 4.69) is 0 Å². The van der Waals surface area contributed by atoms with Gasteiger partial charge < -0.3 is 24.7 Å². The van der Waals surface area contributed by atoms with Crippen molar-refractivity contribution >= 4 is 29.6 Å². The molecule has 0 aliphatic carbocycles. The van der Waals surface area contributed by atoms with Gasteiger partial charge in [0.05, 0.1) is 18.0 Å². The molecule has 82 valence electrons. The van der Waals surface area contributed by atoms with Gasteiger partial charge in [0.2, 0.25) is 5.91 Å². The molecule has 0 aromatic rings. The van der Waals surface area contributed by atoms with Gasteiger partial charge in [-0.25, -0.2) is 0 Å². The van der Waals surface area contributed by atoms with Crippen LogP contribution in [0.2, 0.25) is 0 Å². The van der Waals surface area contributed by atoms with Gasteiger partial charge in [0.1, 0.15) is 4.87 Å². The third-order valence-electron chi connectivity index (χ3n) is 2.72. The number of hydrogen-bond donors (Lipinski definition) is 0. The lowest BCUT2D eigenvalue weighted by Crippen LogP contribution is -2.58. The lowest BCUT2D eigenvalue weighted by atomic mass is 10.2. The number of carbonyl (C=O) groups excluding carboxylic acids is 3. The normalized spacial score (nSPS) is 34.3. The Morgan fingerprint density at radius 3 is 2.67 bits per heavy atom. The van der Waals surface area contributed by atoms with Crippen molar-refractivity contribution in [1.29, 1.82) is 0 Å². The van der Waals surface area contributed by atoms with Crippen LogP contribution in [0.1, 0.15) is 12.8 Å². The number of hydrogen-bond acceptors (Lipinski definition) is 6. The number of fused-ring (bicyclic) bond motifs is 1. The van der Waals surface area contributed by atoms with Crippen LogP contribution >= 0.6 is 11.8 Å². The first-order valence-corrected chi connectivity index (χ1v) is 5.36. The van der Waals surface area contributed by atoms with Gasteiger partial charge in [-0.3, -0.25) is 4.79 Å². The van der Waals surface area contributed by atoms with E-state index in [1.165, 1.54) is 0 Å². The van der Waals surface area contributed by atoms with Crippen molar-refractivity contribution in [3.05, 3.63) is 0 Å². The summed E-state index contributed by atoms with van der Waals surface area (Å²) in [6, 6.07) is -1.15. The molecule has 0 bridgehead atoms. The molecule has 2 aliphatic rings. The number of carboxylic acids is 2. The molecular formula is C8H7NO5S-2. The molecule has 0 unspecified atom stereocenters. The van der Waals surface area contributed by atoms with Gasteiger partial charge in [-0.15, -0.1) is 11.8 Å². The van der Waals surface area contributed by atoms with Gasteiger partial charge in [-0.2, -0.15) is 0 Å². The molecule has 1 amide bonds.